The quantitative estimate of drug-likeness (QED) is 0.0998. The van der Waals surface area contributed by atoms with Gasteiger partial charge in [-0.25, -0.2) is 8.78 Å². The van der Waals surface area contributed by atoms with Crippen molar-refractivity contribution in [2.45, 2.75) is 27.7 Å². The molecule has 0 saturated heterocycles. The molecule has 0 fully saturated rings. The molecule has 14 aromatic carbocycles. The van der Waals surface area contributed by atoms with E-state index in [0.717, 1.165) is 102 Å². The second-order valence-electron chi connectivity index (χ2n) is 28.1. The summed E-state index contributed by atoms with van der Waals surface area (Å²) in [7, 11) is 0. The fourth-order valence-corrected chi connectivity index (χ4v) is 13.9. The molecular weight excluding hydrogens is 1890 g/mol. The summed E-state index contributed by atoms with van der Waals surface area (Å²) in [5, 5.41) is 18.1. The van der Waals surface area contributed by atoms with E-state index in [4.69, 9.17) is 0 Å². The number of hydrogen-bond acceptors (Lipinski definition) is 7. The van der Waals surface area contributed by atoms with Crippen LogP contribution in [0.5, 0.6) is 0 Å². The smallest absolute Gasteiger partial charge is 0.299 e. The van der Waals surface area contributed by atoms with E-state index < -0.39 is 11.6 Å². The van der Waals surface area contributed by atoms with Crippen molar-refractivity contribution in [3.8, 4) is 134 Å². The molecule has 20 rings (SSSR count). The number of nitrogens with zero attached hydrogens (tertiary/aromatic N) is 11. The maximum atomic E-state index is 13.7. The van der Waals surface area contributed by atoms with Crippen LogP contribution >= 0.6 is 0 Å². The minimum Gasteiger partial charge on any atom is -0.299 e. The molecule has 0 radical (unpaired) electrons. The molecule has 604 valence electrons. The Balaban J connectivity index is 0.000000128. The summed E-state index contributed by atoms with van der Waals surface area (Å²) in [6.45, 7) is 8.30. The van der Waals surface area contributed by atoms with Crippen LogP contribution in [-0.2, 0) is 40.2 Å². The van der Waals surface area contributed by atoms with Gasteiger partial charge in [0, 0.05) is 70.2 Å². The molecule has 15 heteroatoms. The minimum absolute atomic E-state index is 0. The molecule has 0 aliphatic carbocycles. The van der Waals surface area contributed by atoms with Crippen LogP contribution in [0.15, 0.2) is 419 Å². The van der Waals surface area contributed by atoms with Crippen molar-refractivity contribution in [1.82, 2.24) is 54.1 Å². The van der Waals surface area contributed by atoms with E-state index in [0.29, 0.717) is 11.4 Å². The average molecular weight is 1970 g/mol. The molecule has 0 saturated carbocycles. The molecule has 0 atom stereocenters. The minimum atomic E-state index is -0.689. The van der Waals surface area contributed by atoms with Crippen molar-refractivity contribution in [3.63, 3.8) is 0 Å². The molecule has 0 aliphatic heterocycles. The van der Waals surface area contributed by atoms with Gasteiger partial charge in [0.25, 0.3) is 0 Å². The largest absolute Gasteiger partial charge is 3.00 e. The average Bonchev–Trinajstić information content (AvgIpc) is 1.68. The number of aryl methyl sites for hydroxylation is 2. The molecular formula is C109H81F2Ir2N11. The molecule has 124 heavy (non-hydrogen) atoms. The maximum Gasteiger partial charge on any atom is 3.00 e. The molecule has 6 aromatic heterocycles. The summed E-state index contributed by atoms with van der Waals surface area (Å²) < 4.78 is 34.2. The third-order valence-corrected chi connectivity index (χ3v) is 19.9. The Morgan fingerprint density at radius 2 is 0.581 bits per heavy atom. The van der Waals surface area contributed by atoms with Gasteiger partial charge in [0.1, 0.15) is 11.6 Å². The van der Waals surface area contributed by atoms with Gasteiger partial charge in [0.2, 0.25) is 0 Å². The van der Waals surface area contributed by atoms with Gasteiger partial charge in [-0.15, -0.1) is 95.1 Å². The van der Waals surface area contributed by atoms with Crippen LogP contribution < -0.4 is 0 Å². The molecule has 0 N–H and O–H groups in total. The summed E-state index contributed by atoms with van der Waals surface area (Å²) in [6, 6.07) is 143. The molecule has 0 amide bonds. The fraction of sp³-hybridized carbons (Fsp3) is 0.0367. The van der Waals surface area contributed by atoms with Crippen molar-refractivity contribution in [1.29, 1.82) is 0 Å². The van der Waals surface area contributed by atoms with E-state index in [1.165, 1.54) is 50.1 Å². The summed E-state index contributed by atoms with van der Waals surface area (Å²) in [5.41, 5.74) is 28.3. The predicted molar refractivity (Wildman–Crippen MR) is 487 cm³/mol. The Labute approximate surface area is 749 Å². The molecule has 0 aliphatic rings. The number of pyridine rings is 1. The third-order valence-electron chi connectivity index (χ3n) is 19.9. The first kappa shape index (κ1) is 87.1. The van der Waals surface area contributed by atoms with E-state index >= 15 is 0 Å². The second kappa shape index (κ2) is 43.5. The second-order valence-corrected chi connectivity index (χ2v) is 28.1. The third kappa shape index (κ3) is 22.5. The Morgan fingerprint density at radius 1 is 0.266 bits per heavy atom. The van der Waals surface area contributed by atoms with Crippen molar-refractivity contribution in [2.24, 2.45) is 0 Å². The van der Waals surface area contributed by atoms with Crippen LogP contribution in [-0.4, -0.2) is 54.1 Å². The van der Waals surface area contributed by atoms with Crippen LogP contribution in [0.1, 0.15) is 22.8 Å². The van der Waals surface area contributed by atoms with E-state index in [1.54, 1.807) is 24.5 Å². The Hall–Kier alpha value is -14.7. The van der Waals surface area contributed by atoms with Gasteiger partial charge in [0.15, 0.2) is 0 Å². The first-order valence-corrected chi connectivity index (χ1v) is 39.8. The topological polar surface area (TPSA) is 110 Å². The van der Waals surface area contributed by atoms with Crippen LogP contribution in [0.3, 0.4) is 0 Å². The number of rotatable bonds is 14. The van der Waals surface area contributed by atoms with Crippen LogP contribution in [0.25, 0.3) is 134 Å². The molecule has 0 unspecified atom stereocenters. The van der Waals surface area contributed by atoms with Crippen LogP contribution in [0.4, 0.5) is 8.78 Å². The van der Waals surface area contributed by atoms with Gasteiger partial charge in [0.05, 0.1) is 35.8 Å². The number of hydrogen-bond donors (Lipinski definition) is 0. The molecule has 0 bridgehead atoms. The molecule has 6 heterocycles. The Bertz CT molecular complexity index is 6300. The Morgan fingerprint density at radius 3 is 0.935 bits per heavy atom. The van der Waals surface area contributed by atoms with Gasteiger partial charge in [-0.2, -0.15) is 117 Å². The SMILES string of the molecule is Cc1nn(-c2[c-]cccc2)c(C)c1-c1ccccc1.Cc1nn(-c2[c-]cccc2)c(C)c1-c1ccccc1.Fc1cnc(-c2[c-]ccc(-c3ccccc3)c2)c(F)c1.[Ir+3].[Ir+3].[c-]1ccc(-c2ccccc2)cc1-c1ncccn1.[c-]1ccccc1-n1cc(-c2ccc(-c3ccccc3)cc2)cn1.[c-]1ccccc1-n1cc(-c2ccc(-c3ccccc3)cc2)cn1. The van der Waals surface area contributed by atoms with Crippen molar-refractivity contribution in [2.75, 3.05) is 0 Å². The molecule has 0 spiro atoms. The summed E-state index contributed by atoms with van der Waals surface area (Å²) >= 11 is 0. The summed E-state index contributed by atoms with van der Waals surface area (Å²) in [5.74, 6) is -0.674. The first-order valence-electron chi connectivity index (χ1n) is 39.8. The summed E-state index contributed by atoms with van der Waals surface area (Å²) in [6.07, 6.45) is 12.3. The van der Waals surface area contributed by atoms with Gasteiger partial charge in [-0.1, -0.05) is 231 Å². The van der Waals surface area contributed by atoms with E-state index in [9.17, 15) is 8.78 Å². The first-order chi connectivity index (χ1) is 60.0. The van der Waals surface area contributed by atoms with Gasteiger partial charge in [-0.05, 0) is 112 Å². The fourth-order valence-electron chi connectivity index (χ4n) is 13.9. The normalized spacial score (nSPS) is 10.4. The van der Waals surface area contributed by atoms with Gasteiger partial charge >= 0.3 is 40.2 Å². The maximum absolute atomic E-state index is 13.7. The van der Waals surface area contributed by atoms with Crippen molar-refractivity contribution < 1.29 is 49.0 Å². The van der Waals surface area contributed by atoms with Gasteiger partial charge < -0.3 is 0 Å². The number of halogens is 2. The summed E-state index contributed by atoms with van der Waals surface area (Å²) in [4.78, 5) is 12.3. The monoisotopic (exact) mass is 1970 g/mol. The van der Waals surface area contributed by atoms with Crippen molar-refractivity contribution in [3.05, 3.63) is 490 Å². The van der Waals surface area contributed by atoms with E-state index in [1.807, 2.05) is 238 Å². The van der Waals surface area contributed by atoms with Crippen molar-refractivity contribution >= 4 is 0 Å². The van der Waals surface area contributed by atoms with E-state index in [2.05, 4.69) is 263 Å². The zero-order chi connectivity index (χ0) is 83.6. The number of benzene rings is 14. The van der Waals surface area contributed by atoms with Crippen LogP contribution in [0, 0.1) is 75.7 Å². The Kier molecular flexibility index (Phi) is 30.6. The van der Waals surface area contributed by atoms with Gasteiger partial charge in [-0.3, -0.25) is 33.7 Å². The molecule has 20 aromatic rings. The van der Waals surface area contributed by atoms with E-state index in [-0.39, 0.29) is 45.9 Å². The predicted octanol–water partition coefficient (Wildman–Crippen LogP) is 26.0. The van der Waals surface area contributed by atoms with Crippen LogP contribution in [0.2, 0.25) is 0 Å². The molecule has 11 nitrogen and oxygen atoms in total. The number of aromatic nitrogens is 11. The zero-order valence-corrected chi connectivity index (χ0v) is 73.0. The zero-order valence-electron chi connectivity index (χ0n) is 68.2. The number of para-hydroxylation sites is 4. The standard InChI is InChI=1S/2C21H15N2.C17H10F2N.2C17H15N2.C16H11N2.2Ir/c2*1-3-7-17(8-4-1)18-11-13-19(14-12-18)20-15-22-23(16-20)21-9-5-2-6-10-21;18-15-10-16(19)17(20-11-15)14-8-4-7-13(9-14)12-5-2-1-3-6-12;2*1-13-17(15-9-5-3-6-10-15)14(2)19(18-13)16-11-7-4-8-12-16;1-2-6-13(7-3-1)14-8-4-9-15(12-14)16-17-10-5-11-18-16;;/h2*1-9,11-16H;1-7,9-11H;2*3-11H,1-2H3;1-8,10-12H;;/q6*-1;2*+3.